The predicted molar refractivity (Wildman–Crippen MR) is 49.6 cm³/mol. The first-order valence-electron chi connectivity index (χ1n) is 4.19. The summed E-state index contributed by atoms with van der Waals surface area (Å²) < 4.78 is 0. The van der Waals surface area contributed by atoms with E-state index in [2.05, 4.69) is 6.07 Å². The van der Waals surface area contributed by atoms with Gasteiger partial charge in [-0.2, -0.15) is 0 Å². The van der Waals surface area contributed by atoms with E-state index in [1.165, 1.54) is 5.56 Å². The van der Waals surface area contributed by atoms with Crippen LogP contribution in [0.3, 0.4) is 0 Å². The zero-order valence-corrected chi connectivity index (χ0v) is 8.14. The van der Waals surface area contributed by atoms with Gasteiger partial charge in [0.05, 0.1) is 0 Å². The van der Waals surface area contributed by atoms with Crippen molar-refractivity contribution in [2.45, 2.75) is 33.3 Å². The lowest BCUT2D eigenvalue weighted by molar-refractivity contribution is -0.000619. The smallest absolute Gasteiger partial charge is 0.123 e. The molecular weight excluding hydrogens is 148 g/mol. The first-order chi connectivity index (χ1) is 5.41. The van der Waals surface area contributed by atoms with Crippen LogP contribution in [0.25, 0.3) is 0 Å². The molecule has 0 heterocycles. The maximum atomic E-state index is 11.6. The third-order valence-corrected chi connectivity index (χ3v) is 2.03. The molecule has 0 amide bonds. The van der Waals surface area contributed by atoms with E-state index in [-0.39, 0.29) is 0 Å². The Hall–Kier alpha value is -0.820. The van der Waals surface area contributed by atoms with Gasteiger partial charge in [0.25, 0.3) is 0 Å². The Morgan fingerprint density at radius 2 is 1.75 bits per heavy atom. The number of aryl methyl sites for hydroxylation is 2. The van der Waals surface area contributed by atoms with Crippen molar-refractivity contribution < 1.29 is 5.11 Å². The van der Waals surface area contributed by atoms with Crippen LogP contribution in [-0.4, -0.2) is 0 Å². The van der Waals surface area contributed by atoms with Crippen molar-refractivity contribution in [3.8, 4) is 0 Å². The fourth-order valence-electron chi connectivity index (χ4n) is 1.49. The first kappa shape index (κ1) is 9.27. The summed E-state index contributed by atoms with van der Waals surface area (Å²) in [5.74, 6) is 0. The highest BCUT2D eigenvalue weighted by molar-refractivity contribution is 5.33. The fraction of sp³-hybridized carbons (Fsp3) is 0.455. The average molecular weight is 163 g/mol. The van der Waals surface area contributed by atoms with E-state index in [0.29, 0.717) is 0 Å². The quantitative estimate of drug-likeness (QED) is 0.606. The van der Waals surface area contributed by atoms with E-state index in [9.17, 15) is 5.11 Å². The minimum atomic E-state index is -0.974. The van der Waals surface area contributed by atoms with Gasteiger partial charge < -0.3 is 0 Å². The van der Waals surface area contributed by atoms with Crippen LogP contribution >= 0.6 is 0 Å². The summed E-state index contributed by atoms with van der Waals surface area (Å²) in [7, 11) is 0. The molecule has 0 N–H and O–H groups in total. The maximum Gasteiger partial charge on any atom is 0.123 e. The highest BCUT2D eigenvalue weighted by atomic mass is 16.3. The van der Waals surface area contributed by atoms with Crippen LogP contribution in [0, 0.1) is 13.8 Å². The summed E-state index contributed by atoms with van der Waals surface area (Å²) in [4.78, 5) is 0. The standard InChI is InChI=1S/C11H15O/c1-8-5-6-10(9(2)7-8)11(3,4)12/h5-7H,1-4H3. The second kappa shape index (κ2) is 2.91. The second-order valence-corrected chi connectivity index (χ2v) is 3.83. The monoisotopic (exact) mass is 163 g/mol. The highest BCUT2D eigenvalue weighted by Crippen LogP contribution is 2.24. The normalized spacial score (nSPS) is 11.8. The molecule has 1 aromatic carbocycles. The zero-order valence-electron chi connectivity index (χ0n) is 8.14. The lowest BCUT2D eigenvalue weighted by Crippen LogP contribution is -2.15. The number of benzene rings is 1. The van der Waals surface area contributed by atoms with Crippen LogP contribution < -0.4 is 0 Å². The molecule has 0 aromatic heterocycles. The van der Waals surface area contributed by atoms with Gasteiger partial charge in [0.2, 0.25) is 0 Å². The van der Waals surface area contributed by atoms with Gasteiger partial charge in [0.15, 0.2) is 0 Å². The summed E-state index contributed by atoms with van der Waals surface area (Å²) in [6.07, 6.45) is 0. The predicted octanol–water partition coefficient (Wildman–Crippen LogP) is 2.97. The molecule has 0 atom stereocenters. The Kier molecular flexibility index (Phi) is 2.25. The van der Waals surface area contributed by atoms with Crippen molar-refractivity contribution in [1.29, 1.82) is 0 Å². The number of hydrogen-bond donors (Lipinski definition) is 0. The summed E-state index contributed by atoms with van der Waals surface area (Å²) in [5, 5.41) is 11.6. The molecule has 0 fully saturated rings. The molecule has 0 unspecified atom stereocenters. The van der Waals surface area contributed by atoms with Crippen molar-refractivity contribution in [3.63, 3.8) is 0 Å². The van der Waals surface area contributed by atoms with Crippen molar-refractivity contribution in [2.75, 3.05) is 0 Å². The molecule has 1 radical (unpaired) electrons. The van der Waals surface area contributed by atoms with Crippen molar-refractivity contribution >= 4 is 0 Å². The lowest BCUT2D eigenvalue weighted by atomic mass is 9.93. The molecular formula is C11H15O. The molecule has 1 rings (SSSR count). The third kappa shape index (κ3) is 1.86. The summed E-state index contributed by atoms with van der Waals surface area (Å²) in [5.41, 5.74) is 2.22. The molecule has 0 bridgehead atoms. The molecule has 0 aliphatic heterocycles. The molecule has 0 aliphatic carbocycles. The Bertz CT molecular complexity index is 282. The van der Waals surface area contributed by atoms with Gasteiger partial charge in [-0.15, -0.1) is 0 Å². The Morgan fingerprint density at radius 3 is 2.17 bits per heavy atom. The van der Waals surface area contributed by atoms with Crippen molar-refractivity contribution in [3.05, 3.63) is 34.9 Å². The summed E-state index contributed by atoms with van der Waals surface area (Å²) >= 11 is 0. The second-order valence-electron chi connectivity index (χ2n) is 3.83. The molecule has 0 saturated heterocycles. The van der Waals surface area contributed by atoms with Gasteiger partial charge in [0.1, 0.15) is 5.60 Å². The number of hydrogen-bond acceptors (Lipinski definition) is 0. The Labute approximate surface area is 74.1 Å². The summed E-state index contributed by atoms with van der Waals surface area (Å²) in [6, 6.07) is 5.97. The van der Waals surface area contributed by atoms with E-state index in [4.69, 9.17) is 0 Å². The van der Waals surface area contributed by atoms with Crippen molar-refractivity contribution in [1.82, 2.24) is 0 Å². The summed E-state index contributed by atoms with van der Waals surface area (Å²) in [6.45, 7) is 7.42. The molecule has 65 valence electrons. The highest BCUT2D eigenvalue weighted by Gasteiger charge is 2.19. The minimum absolute atomic E-state index is 0.896. The zero-order chi connectivity index (χ0) is 9.35. The van der Waals surface area contributed by atoms with Crippen LogP contribution in [0.4, 0.5) is 0 Å². The number of rotatable bonds is 1. The van der Waals surface area contributed by atoms with Gasteiger partial charge in [-0.3, -0.25) is 0 Å². The van der Waals surface area contributed by atoms with Gasteiger partial charge in [-0.05, 0) is 38.8 Å². The van der Waals surface area contributed by atoms with E-state index in [0.717, 1.165) is 11.1 Å². The Morgan fingerprint density at radius 1 is 1.17 bits per heavy atom. The lowest BCUT2D eigenvalue weighted by Gasteiger charge is -2.17. The van der Waals surface area contributed by atoms with Crippen LogP contribution in [0.15, 0.2) is 18.2 Å². The van der Waals surface area contributed by atoms with E-state index >= 15 is 0 Å². The van der Waals surface area contributed by atoms with Crippen molar-refractivity contribution in [2.24, 2.45) is 0 Å². The van der Waals surface area contributed by atoms with Crippen LogP contribution in [-0.2, 0) is 10.7 Å². The van der Waals surface area contributed by atoms with Gasteiger partial charge >= 0.3 is 0 Å². The average Bonchev–Trinajstić information content (AvgIpc) is 1.83. The molecule has 1 heteroatoms. The molecule has 0 saturated carbocycles. The molecule has 0 aliphatic rings. The van der Waals surface area contributed by atoms with E-state index in [1.807, 2.05) is 26.0 Å². The fourth-order valence-corrected chi connectivity index (χ4v) is 1.49. The molecule has 0 spiro atoms. The van der Waals surface area contributed by atoms with Crippen LogP contribution in [0.5, 0.6) is 0 Å². The largest absolute Gasteiger partial charge is 0.225 e. The van der Waals surface area contributed by atoms with E-state index < -0.39 is 5.60 Å². The van der Waals surface area contributed by atoms with Crippen LogP contribution in [0.2, 0.25) is 0 Å². The third-order valence-electron chi connectivity index (χ3n) is 2.03. The molecule has 1 aromatic rings. The minimum Gasteiger partial charge on any atom is -0.225 e. The van der Waals surface area contributed by atoms with Gasteiger partial charge in [-0.1, -0.05) is 23.8 Å². The maximum absolute atomic E-state index is 11.6. The van der Waals surface area contributed by atoms with Gasteiger partial charge in [0, 0.05) is 0 Å². The van der Waals surface area contributed by atoms with E-state index in [1.54, 1.807) is 13.8 Å². The molecule has 1 nitrogen and oxygen atoms in total. The SMILES string of the molecule is Cc1ccc(C(C)(C)[O])c(C)c1. The Balaban J connectivity index is 3.19. The topological polar surface area (TPSA) is 19.9 Å². The van der Waals surface area contributed by atoms with Gasteiger partial charge in [-0.25, -0.2) is 5.11 Å². The molecule has 12 heavy (non-hydrogen) atoms. The van der Waals surface area contributed by atoms with Crippen LogP contribution in [0.1, 0.15) is 30.5 Å². The first-order valence-corrected chi connectivity index (χ1v) is 4.19.